The SMILES string of the molecule is O=C(O)CC1CCN(C(=O)c2cc(NC(=O)OCC3c4ccccc4-c4ccccc43)n[nH]2)CC1. The van der Waals surface area contributed by atoms with Gasteiger partial charge in [-0.2, -0.15) is 5.10 Å². The molecule has 0 spiro atoms. The number of ether oxygens (including phenoxy) is 1. The molecule has 0 bridgehead atoms. The maximum atomic E-state index is 12.8. The van der Waals surface area contributed by atoms with Crippen molar-refractivity contribution in [1.29, 1.82) is 0 Å². The predicted molar refractivity (Wildman–Crippen MR) is 128 cm³/mol. The molecule has 5 rings (SSSR count). The van der Waals surface area contributed by atoms with E-state index in [2.05, 4.69) is 39.8 Å². The molecule has 0 radical (unpaired) electrons. The second-order valence-corrected chi connectivity index (χ2v) is 8.95. The van der Waals surface area contributed by atoms with E-state index in [1.165, 1.54) is 6.07 Å². The Balaban J connectivity index is 1.16. The maximum Gasteiger partial charge on any atom is 0.412 e. The van der Waals surface area contributed by atoms with Gasteiger partial charge >= 0.3 is 12.1 Å². The second-order valence-electron chi connectivity index (χ2n) is 8.95. The minimum atomic E-state index is -0.813. The fourth-order valence-corrected chi connectivity index (χ4v) is 4.99. The first-order valence-electron chi connectivity index (χ1n) is 11.7. The van der Waals surface area contributed by atoms with Gasteiger partial charge in [-0.1, -0.05) is 48.5 Å². The molecule has 9 heteroatoms. The zero-order valence-corrected chi connectivity index (χ0v) is 19.1. The third-order valence-corrected chi connectivity index (χ3v) is 6.75. The summed E-state index contributed by atoms with van der Waals surface area (Å²) in [5.41, 5.74) is 4.82. The van der Waals surface area contributed by atoms with Crippen molar-refractivity contribution in [3.05, 3.63) is 71.4 Å². The van der Waals surface area contributed by atoms with Gasteiger partial charge in [-0.3, -0.25) is 20.0 Å². The first kappa shape index (κ1) is 22.6. The number of rotatable bonds is 6. The fourth-order valence-electron chi connectivity index (χ4n) is 4.99. The van der Waals surface area contributed by atoms with Crippen LogP contribution in [0.3, 0.4) is 0 Å². The number of likely N-dealkylation sites (tertiary alicyclic amines) is 1. The van der Waals surface area contributed by atoms with Gasteiger partial charge in [0.1, 0.15) is 12.3 Å². The molecule has 1 fully saturated rings. The number of nitrogens with one attached hydrogen (secondary N) is 2. The molecule has 1 saturated heterocycles. The number of nitrogens with zero attached hydrogens (tertiary/aromatic N) is 2. The molecule has 1 aliphatic carbocycles. The maximum absolute atomic E-state index is 12.8. The number of carboxylic acids is 1. The number of carbonyl (C=O) groups is 3. The number of aliphatic carboxylic acids is 1. The quantitative estimate of drug-likeness (QED) is 0.494. The molecule has 35 heavy (non-hydrogen) atoms. The Labute approximate surface area is 202 Å². The number of fused-ring (bicyclic) bond motifs is 3. The molecule has 2 aromatic carbocycles. The van der Waals surface area contributed by atoms with Crippen LogP contribution >= 0.6 is 0 Å². The van der Waals surface area contributed by atoms with E-state index >= 15 is 0 Å². The number of anilines is 1. The highest BCUT2D eigenvalue weighted by Gasteiger charge is 2.29. The summed E-state index contributed by atoms with van der Waals surface area (Å²) in [6.07, 6.45) is 0.779. The van der Waals surface area contributed by atoms with Crippen LogP contribution in [0, 0.1) is 5.92 Å². The average Bonchev–Trinajstić information content (AvgIpc) is 3.45. The minimum absolute atomic E-state index is 0.0477. The first-order valence-corrected chi connectivity index (χ1v) is 11.7. The number of benzene rings is 2. The summed E-state index contributed by atoms with van der Waals surface area (Å²) in [6.45, 7) is 1.16. The molecule has 2 aliphatic rings. The van der Waals surface area contributed by atoms with E-state index < -0.39 is 12.1 Å². The summed E-state index contributed by atoms with van der Waals surface area (Å²) < 4.78 is 5.53. The van der Waals surface area contributed by atoms with E-state index in [4.69, 9.17) is 9.84 Å². The number of carbonyl (C=O) groups excluding carboxylic acids is 2. The van der Waals surface area contributed by atoms with E-state index in [9.17, 15) is 14.4 Å². The van der Waals surface area contributed by atoms with E-state index in [0.29, 0.717) is 25.9 Å². The van der Waals surface area contributed by atoms with Crippen molar-refractivity contribution in [1.82, 2.24) is 15.1 Å². The predicted octanol–water partition coefficient (Wildman–Crippen LogP) is 4.10. The van der Waals surface area contributed by atoms with Gasteiger partial charge in [0.05, 0.1) is 0 Å². The highest BCUT2D eigenvalue weighted by atomic mass is 16.5. The van der Waals surface area contributed by atoms with Crippen LogP contribution in [0.25, 0.3) is 11.1 Å². The van der Waals surface area contributed by atoms with Gasteiger partial charge in [-0.15, -0.1) is 0 Å². The number of H-pyrrole nitrogens is 1. The summed E-state index contributed by atoms with van der Waals surface area (Å²) in [7, 11) is 0. The topological polar surface area (TPSA) is 125 Å². The lowest BCUT2D eigenvalue weighted by molar-refractivity contribution is -0.138. The van der Waals surface area contributed by atoms with Crippen LogP contribution in [0.2, 0.25) is 0 Å². The van der Waals surface area contributed by atoms with Crippen molar-refractivity contribution in [2.24, 2.45) is 5.92 Å². The molecule has 180 valence electrons. The van der Waals surface area contributed by atoms with Gasteiger partial charge in [0.25, 0.3) is 5.91 Å². The smallest absolute Gasteiger partial charge is 0.412 e. The van der Waals surface area contributed by atoms with Gasteiger partial charge in [-0.05, 0) is 41.0 Å². The van der Waals surface area contributed by atoms with Crippen LogP contribution < -0.4 is 5.32 Å². The molecule has 9 nitrogen and oxygen atoms in total. The number of hydrogen-bond donors (Lipinski definition) is 3. The zero-order chi connectivity index (χ0) is 24.4. The molecular weight excluding hydrogens is 448 g/mol. The molecule has 2 heterocycles. The minimum Gasteiger partial charge on any atom is -0.481 e. The number of carboxylic acid groups (broad SMARTS) is 1. The summed E-state index contributed by atoms with van der Waals surface area (Å²) >= 11 is 0. The van der Waals surface area contributed by atoms with Gasteiger partial charge in [0.2, 0.25) is 0 Å². The van der Waals surface area contributed by atoms with Crippen molar-refractivity contribution >= 4 is 23.8 Å². The Morgan fingerprint density at radius 2 is 1.66 bits per heavy atom. The van der Waals surface area contributed by atoms with Crippen LogP contribution in [0.1, 0.15) is 46.8 Å². The molecule has 3 aromatic rings. The summed E-state index contributed by atoms with van der Waals surface area (Å²) in [4.78, 5) is 37.8. The number of piperidine rings is 1. The Morgan fingerprint density at radius 1 is 1.03 bits per heavy atom. The second kappa shape index (κ2) is 9.61. The molecule has 3 N–H and O–H groups in total. The Morgan fingerprint density at radius 3 is 2.29 bits per heavy atom. The molecule has 1 aliphatic heterocycles. The highest BCUT2D eigenvalue weighted by Crippen LogP contribution is 2.44. The van der Waals surface area contributed by atoms with Crippen LogP contribution in [0.15, 0.2) is 54.6 Å². The van der Waals surface area contributed by atoms with E-state index in [0.717, 1.165) is 22.3 Å². The molecule has 0 unspecified atom stereocenters. The van der Waals surface area contributed by atoms with Crippen molar-refractivity contribution < 1.29 is 24.2 Å². The normalized spacial score (nSPS) is 15.4. The van der Waals surface area contributed by atoms with E-state index in [-0.39, 0.29) is 42.3 Å². The van der Waals surface area contributed by atoms with Gasteiger partial charge < -0.3 is 14.7 Å². The standard InChI is InChI=1S/C26H26N4O5/c31-24(32)13-16-9-11-30(12-10-16)25(33)22-14-23(29-28-22)27-26(34)35-15-21-19-7-3-1-5-17(19)18-6-2-4-8-20(18)21/h1-8,14,16,21H,9-13,15H2,(H,31,32)(H2,27,28,29,34). The Bertz CT molecular complexity index is 1220. The highest BCUT2D eigenvalue weighted by molar-refractivity contribution is 5.94. The third-order valence-electron chi connectivity index (χ3n) is 6.75. The lowest BCUT2D eigenvalue weighted by Gasteiger charge is -2.30. The molecule has 0 saturated carbocycles. The molecular formula is C26H26N4O5. The number of amides is 2. The number of aromatic nitrogens is 2. The van der Waals surface area contributed by atoms with Gasteiger partial charge in [-0.25, -0.2) is 4.79 Å². The largest absolute Gasteiger partial charge is 0.481 e. The fraction of sp³-hybridized carbons (Fsp3) is 0.308. The molecule has 1 aromatic heterocycles. The zero-order valence-electron chi connectivity index (χ0n) is 19.1. The summed E-state index contributed by atoms with van der Waals surface area (Å²) in [5, 5.41) is 18.2. The number of aromatic amines is 1. The third kappa shape index (κ3) is 4.75. The number of hydrogen-bond acceptors (Lipinski definition) is 5. The van der Waals surface area contributed by atoms with Crippen LogP contribution in [-0.4, -0.2) is 57.9 Å². The van der Waals surface area contributed by atoms with E-state index in [1.54, 1.807) is 4.90 Å². The van der Waals surface area contributed by atoms with E-state index in [1.807, 2.05) is 24.3 Å². The lowest BCUT2D eigenvalue weighted by Crippen LogP contribution is -2.39. The Hall–Kier alpha value is -4.14. The monoisotopic (exact) mass is 474 g/mol. The van der Waals surface area contributed by atoms with Crippen LogP contribution in [-0.2, 0) is 9.53 Å². The van der Waals surface area contributed by atoms with Gasteiger partial charge in [0.15, 0.2) is 5.82 Å². The van der Waals surface area contributed by atoms with Gasteiger partial charge in [0, 0.05) is 31.5 Å². The summed E-state index contributed by atoms with van der Waals surface area (Å²) in [6, 6.07) is 17.7. The van der Waals surface area contributed by atoms with Crippen LogP contribution in [0.5, 0.6) is 0 Å². The van der Waals surface area contributed by atoms with Crippen molar-refractivity contribution in [2.75, 3.05) is 25.0 Å². The van der Waals surface area contributed by atoms with Crippen LogP contribution in [0.4, 0.5) is 10.6 Å². The van der Waals surface area contributed by atoms with Crippen molar-refractivity contribution in [2.45, 2.75) is 25.2 Å². The lowest BCUT2D eigenvalue weighted by atomic mass is 9.93. The van der Waals surface area contributed by atoms with Crippen molar-refractivity contribution in [3.63, 3.8) is 0 Å². The average molecular weight is 475 g/mol. The first-order chi connectivity index (χ1) is 17.0. The molecule has 2 amide bonds. The molecule has 0 atom stereocenters. The Kier molecular flexibility index (Phi) is 6.22. The van der Waals surface area contributed by atoms with Crippen molar-refractivity contribution in [3.8, 4) is 11.1 Å². The summed E-state index contributed by atoms with van der Waals surface area (Å²) in [5.74, 6) is -0.803.